The number of nitrogens with zero attached hydrogens (tertiary/aromatic N) is 1. The molecule has 3 rings (SSSR count). The summed E-state index contributed by atoms with van der Waals surface area (Å²) in [7, 11) is 2.13. The second-order valence-corrected chi connectivity index (χ2v) is 3.29. The largest absolute Gasteiger partial charge is 0.352 e. The van der Waals surface area contributed by atoms with Gasteiger partial charge in [-0.3, -0.25) is 15.5 Å². The van der Waals surface area contributed by atoms with Crippen LogP contribution in [0.5, 0.6) is 0 Å². The standard InChI is InChI=1S/C6H11N3O/c1-9-2-3-6(10-3)8-4-5(9)7-4/h3-8H,2H2,1H3. The molecule has 0 amide bonds. The molecule has 0 aromatic carbocycles. The Morgan fingerprint density at radius 2 is 2.40 bits per heavy atom. The van der Waals surface area contributed by atoms with Gasteiger partial charge in [-0.05, 0) is 7.05 Å². The van der Waals surface area contributed by atoms with E-state index in [1.807, 2.05) is 0 Å². The van der Waals surface area contributed by atoms with Gasteiger partial charge in [0.25, 0.3) is 0 Å². The summed E-state index contributed by atoms with van der Waals surface area (Å²) in [5, 5.41) is 6.66. The van der Waals surface area contributed by atoms with Crippen molar-refractivity contribution in [1.82, 2.24) is 15.5 Å². The van der Waals surface area contributed by atoms with Crippen molar-refractivity contribution >= 4 is 0 Å². The second-order valence-electron chi connectivity index (χ2n) is 3.29. The average Bonchev–Trinajstić information content (AvgIpc) is 2.66. The number of hydrogen-bond acceptors (Lipinski definition) is 4. The molecule has 0 aromatic heterocycles. The molecule has 3 aliphatic rings. The van der Waals surface area contributed by atoms with Crippen molar-refractivity contribution in [2.75, 3.05) is 13.6 Å². The monoisotopic (exact) mass is 141 g/mol. The average molecular weight is 141 g/mol. The number of ether oxygens (including phenoxy) is 1. The fraction of sp³-hybridized carbons (Fsp3) is 1.00. The van der Waals surface area contributed by atoms with Crippen LogP contribution in [-0.4, -0.2) is 43.2 Å². The predicted molar refractivity (Wildman–Crippen MR) is 35.1 cm³/mol. The maximum absolute atomic E-state index is 5.33. The quantitative estimate of drug-likeness (QED) is 0.403. The Morgan fingerprint density at radius 1 is 1.50 bits per heavy atom. The van der Waals surface area contributed by atoms with Gasteiger partial charge < -0.3 is 4.74 Å². The first-order valence-electron chi connectivity index (χ1n) is 3.72. The molecule has 10 heavy (non-hydrogen) atoms. The van der Waals surface area contributed by atoms with Gasteiger partial charge in [-0.2, -0.15) is 0 Å². The molecule has 4 unspecified atom stereocenters. The minimum Gasteiger partial charge on any atom is -0.352 e. The van der Waals surface area contributed by atoms with Crippen molar-refractivity contribution in [2.45, 2.75) is 24.7 Å². The van der Waals surface area contributed by atoms with E-state index in [0.717, 1.165) is 6.54 Å². The van der Waals surface area contributed by atoms with E-state index in [2.05, 4.69) is 22.6 Å². The fourth-order valence-corrected chi connectivity index (χ4v) is 1.65. The van der Waals surface area contributed by atoms with E-state index in [4.69, 9.17) is 4.74 Å². The predicted octanol–water partition coefficient (Wildman–Crippen LogP) is -1.50. The Kier molecular flexibility index (Phi) is 0.840. The molecule has 0 bridgehead atoms. The van der Waals surface area contributed by atoms with Gasteiger partial charge in [-0.15, -0.1) is 0 Å². The molecular weight excluding hydrogens is 130 g/mol. The smallest absolute Gasteiger partial charge is 0.137 e. The Bertz CT molecular complexity index is 172. The third-order valence-electron chi connectivity index (χ3n) is 2.43. The molecule has 0 spiro atoms. The van der Waals surface area contributed by atoms with E-state index in [1.54, 1.807) is 0 Å². The summed E-state index contributed by atoms with van der Waals surface area (Å²) in [5.74, 6) is 0. The van der Waals surface area contributed by atoms with Gasteiger partial charge in [0, 0.05) is 6.54 Å². The summed E-state index contributed by atoms with van der Waals surface area (Å²) in [6.07, 6.45) is 1.85. The first-order chi connectivity index (χ1) is 4.84. The van der Waals surface area contributed by atoms with Gasteiger partial charge in [0.15, 0.2) is 0 Å². The third-order valence-corrected chi connectivity index (χ3v) is 2.43. The lowest BCUT2D eigenvalue weighted by Crippen LogP contribution is -2.28. The molecule has 56 valence electrons. The van der Waals surface area contributed by atoms with Crippen molar-refractivity contribution < 1.29 is 4.74 Å². The molecule has 0 aromatic rings. The molecule has 0 aliphatic carbocycles. The fourth-order valence-electron chi connectivity index (χ4n) is 1.65. The van der Waals surface area contributed by atoms with Crippen LogP contribution in [0.4, 0.5) is 0 Å². The minimum atomic E-state index is 0.340. The molecular formula is C6H11N3O. The first-order valence-corrected chi connectivity index (χ1v) is 3.72. The molecule has 4 nitrogen and oxygen atoms in total. The number of fused-ring (bicyclic) bond motifs is 2. The summed E-state index contributed by atoms with van der Waals surface area (Å²) < 4.78 is 5.33. The van der Waals surface area contributed by atoms with E-state index in [9.17, 15) is 0 Å². The van der Waals surface area contributed by atoms with Crippen LogP contribution in [0.15, 0.2) is 0 Å². The Balaban J connectivity index is 1.79. The number of hydrogen-bond donors (Lipinski definition) is 2. The molecule has 3 heterocycles. The molecule has 4 heteroatoms. The number of likely N-dealkylation sites (N-methyl/N-ethyl adjacent to an activating group) is 1. The van der Waals surface area contributed by atoms with Gasteiger partial charge in [-0.25, -0.2) is 0 Å². The summed E-state index contributed by atoms with van der Waals surface area (Å²) in [5.41, 5.74) is 0. The van der Waals surface area contributed by atoms with Crippen LogP contribution in [0, 0.1) is 0 Å². The molecule has 0 radical (unpaired) electrons. The van der Waals surface area contributed by atoms with Gasteiger partial charge in [0.05, 0.1) is 12.3 Å². The van der Waals surface area contributed by atoms with Crippen LogP contribution in [0.1, 0.15) is 0 Å². The van der Waals surface area contributed by atoms with Crippen LogP contribution < -0.4 is 10.6 Å². The highest BCUT2D eigenvalue weighted by Crippen LogP contribution is 2.28. The zero-order valence-corrected chi connectivity index (χ0v) is 5.87. The molecule has 3 aliphatic heterocycles. The molecule has 0 saturated carbocycles. The number of epoxide rings is 1. The first kappa shape index (κ1) is 5.49. The summed E-state index contributed by atoms with van der Waals surface area (Å²) >= 11 is 0. The third kappa shape index (κ3) is 0.645. The summed E-state index contributed by atoms with van der Waals surface area (Å²) in [6, 6.07) is 0. The van der Waals surface area contributed by atoms with Crippen LogP contribution >= 0.6 is 0 Å². The summed E-state index contributed by atoms with van der Waals surface area (Å²) in [4.78, 5) is 2.30. The maximum atomic E-state index is 5.33. The van der Waals surface area contributed by atoms with E-state index in [1.165, 1.54) is 0 Å². The highest BCUT2D eigenvalue weighted by molar-refractivity contribution is 5.03. The van der Waals surface area contributed by atoms with E-state index >= 15 is 0 Å². The molecule has 3 fully saturated rings. The van der Waals surface area contributed by atoms with Crippen molar-refractivity contribution in [3.63, 3.8) is 0 Å². The van der Waals surface area contributed by atoms with Crippen LogP contribution in [0.3, 0.4) is 0 Å². The highest BCUT2D eigenvalue weighted by atomic mass is 16.6. The molecule has 3 saturated heterocycles. The van der Waals surface area contributed by atoms with Crippen molar-refractivity contribution in [2.24, 2.45) is 0 Å². The van der Waals surface area contributed by atoms with E-state index < -0.39 is 0 Å². The number of nitrogens with one attached hydrogen (secondary N) is 2. The topological polar surface area (TPSA) is 49.7 Å². The lowest BCUT2D eigenvalue weighted by molar-refractivity contribution is 0.247. The van der Waals surface area contributed by atoms with Gasteiger partial charge >= 0.3 is 0 Å². The van der Waals surface area contributed by atoms with Crippen molar-refractivity contribution in [3.8, 4) is 0 Å². The van der Waals surface area contributed by atoms with Gasteiger partial charge in [0.1, 0.15) is 12.3 Å². The van der Waals surface area contributed by atoms with Gasteiger partial charge in [-0.1, -0.05) is 0 Å². The minimum absolute atomic E-state index is 0.340. The zero-order valence-electron chi connectivity index (χ0n) is 5.87. The van der Waals surface area contributed by atoms with Crippen molar-refractivity contribution in [3.05, 3.63) is 0 Å². The van der Waals surface area contributed by atoms with Crippen LogP contribution in [0.25, 0.3) is 0 Å². The Labute approximate surface area is 59.5 Å². The molecule has 4 atom stereocenters. The maximum Gasteiger partial charge on any atom is 0.137 e. The highest BCUT2D eigenvalue weighted by Gasteiger charge is 2.52. The number of rotatable bonds is 0. The van der Waals surface area contributed by atoms with E-state index in [-0.39, 0.29) is 0 Å². The van der Waals surface area contributed by atoms with Crippen LogP contribution in [0.2, 0.25) is 0 Å². The van der Waals surface area contributed by atoms with Crippen LogP contribution in [-0.2, 0) is 4.74 Å². The summed E-state index contributed by atoms with van der Waals surface area (Å²) in [6.45, 7) is 1.06. The lowest BCUT2D eigenvalue weighted by Gasteiger charge is -2.10. The zero-order chi connectivity index (χ0) is 6.72. The normalized spacial score (nSPS) is 58.5. The van der Waals surface area contributed by atoms with Gasteiger partial charge in [0.2, 0.25) is 0 Å². The lowest BCUT2D eigenvalue weighted by atomic mass is 10.4. The Hall–Kier alpha value is -0.160. The Morgan fingerprint density at radius 3 is 3.30 bits per heavy atom. The SMILES string of the molecule is CN1CC2OC2NC2NC21. The molecule has 2 N–H and O–H groups in total. The van der Waals surface area contributed by atoms with E-state index in [0.29, 0.717) is 24.7 Å². The second kappa shape index (κ2) is 1.53. The van der Waals surface area contributed by atoms with Crippen molar-refractivity contribution in [1.29, 1.82) is 0 Å².